The minimum absolute atomic E-state index is 0.0446. The Hall–Kier alpha value is -3.75. The van der Waals surface area contributed by atoms with Crippen LogP contribution in [0.3, 0.4) is 0 Å². The number of methoxy groups -OCH3 is 1. The fourth-order valence-corrected chi connectivity index (χ4v) is 2.62. The highest BCUT2D eigenvalue weighted by Gasteiger charge is 2.17. The van der Waals surface area contributed by atoms with Gasteiger partial charge in [-0.25, -0.2) is 0 Å². The molecule has 2 heterocycles. The molecule has 0 fully saturated rings. The maximum absolute atomic E-state index is 12.2. The van der Waals surface area contributed by atoms with Crippen molar-refractivity contribution >= 4 is 5.91 Å². The Balaban J connectivity index is 1.33. The van der Waals surface area contributed by atoms with Crippen molar-refractivity contribution in [1.29, 1.82) is 0 Å². The van der Waals surface area contributed by atoms with E-state index in [0.29, 0.717) is 23.0 Å². The number of rotatable bonds is 7. The first-order chi connectivity index (χ1) is 13.7. The lowest BCUT2D eigenvalue weighted by molar-refractivity contribution is 0.0906. The number of ether oxygens (including phenoxy) is 4. The molecular weight excluding hydrogens is 366 g/mol. The van der Waals surface area contributed by atoms with Crippen molar-refractivity contribution in [3.05, 3.63) is 59.7 Å². The molecule has 9 heteroatoms. The molecule has 0 saturated carbocycles. The lowest BCUT2D eigenvalue weighted by Gasteiger charge is -2.07. The summed E-state index contributed by atoms with van der Waals surface area (Å²) in [6.07, 6.45) is 0. The Morgan fingerprint density at radius 1 is 1.18 bits per heavy atom. The highest BCUT2D eigenvalue weighted by molar-refractivity contribution is 5.89. The molecule has 1 aromatic heterocycles. The number of carbonyl (C=O) groups is 1. The van der Waals surface area contributed by atoms with Crippen molar-refractivity contribution in [2.75, 3.05) is 13.9 Å². The van der Waals surface area contributed by atoms with Crippen molar-refractivity contribution < 1.29 is 28.3 Å². The number of aromatic nitrogens is 2. The first-order valence-corrected chi connectivity index (χ1v) is 8.48. The molecule has 9 nitrogen and oxygen atoms in total. The minimum atomic E-state index is -0.479. The van der Waals surface area contributed by atoms with Gasteiger partial charge in [-0.05, 0) is 18.2 Å². The van der Waals surface area contributed by atoms with Crippen molar-refractivity contribution in [1.82, 2.24) is 15.5 Å². The molecule has 0 saturated heterocycles. The number of hydrogen-bond donors (Lipinski definition) is 1. The summed E-state index contributed by atoms with van der Waals surface area (Å²) < 4.78 is 26.4. The topological polar surface area (TPSA) is 105 Å². The lowest BCUT2D eigenvalue weighted by Crippen LogP contribution is -2.23. The molecule has 1 aliphatic heterocycles. The standard InChI is InChI=1S/C19H17N3O6/c1-24-14-5-3-2-4-12(14)9-20-18(23)19-21-17(22-28-19)10-25-13-6-7-15-16(8-13)27-11-26-15/h2-8H,9-11H2,1H3,(H,20,23). The van der Waals surface area contributed by atoms with Gasteiger partial charge in [0.25, 0.3) is 0 Å². The van der Waals surface area contributed by atoms with Gasteiger partial charge in [-0.2, -0.15) is 4.98 Å². The molecule has 3 aromatic rings. The van der Waals surface area contributed by atoms with Crippen LogP contribution in [0.5, 0.6) is 23.0 Å². The molecule has 0 bridgehead atoms. The second-order valence-corrected chi connectivity index (χ2v) is 5.81. The molecule has 1 N–H and O–H groups in total. The predicted molar refractivity (Wildman–Crippen MR) is 95.4 cm³/mol. The molecule has 1 aliphatic rings. The van der Waals surface area contributed by atoms with Crippen LogP contribution in [0.4, 0.5) is 0 Å². The summed E-state index contributed by atoms with van der Waals surface area (Å²) in [5.74, 6) is 2.16. The third-order valence-corrected chi connectivity index (χ3v) is 4.01. The molecule has 4 rings (SSSR count). The van der Waals surface area contributed by atoms with E-state index in [1.165, 1.54) is 0 Å². The Morgan fingerprint density at radius 3 is 2.93 bits per heavy atom. The SMILES string of the molecule is COc1ccccc1CNC(=O)c1nc(COc2ccc3c(c2)OCO3)no1. The van der Waals surface area contributed by atoms with Gasteiger partial charge in [-0.3, -0.25) is 4.79 Å². The number of carbonyl (C=O) groups excluding carboxylic acids is 1. The van der Waals surface area contributed by atoms with E-state index in [-0.39, 0.29) is 31.7 Å². The van der Waals surface area contributed by atoms with E-state index >= 15 is 0 Å². The zero-order chi connectivity index (χ0) is 19.3. The Labute approximate surface area is 160 Å². The number of nitrogens with zero attached hydrogens (tertiary/aromatic N) is 2. The average Bonchev–Trinajstić information content (AvgIpc) is 3.39. The van der Waals surface area contributed by atoms with Crippen LogP contribution in [0.25, 0.3) is 0 Å². The van der Waals surface area contributed by atoms with Gasteiger partial charge in [-0.15, -0.1) is 0 Å². The van der Waals surface area contributed by atoms with Crippen LogP contribution >= 0.6 is 0 Å². The molecule has 0 spiro atoms. The second-order valence-electron chi connectivity index (χ2n) is 5.81. The number of nitrogens with one attached hydrogen (secondary N) is 1. The van der Waals surface area contributed by atoms with Crippen LogP contribution in [-0.4, -0.2) is 30.0 Å². The predicted octanol–water partition coefficient (Wildman–Crippen LogP) is 2.32. The summed E-state index contributed by atoms with van der Waals surface area (Å²) in [4.78, 5) is 16.3. The zero-order valence-electron chi connectivity index (χ0n) is 15.0. The largest absolute Gasteiger partial charge is 0.496 e. The molecular formula is C19H17N3O6. The third-order valence-electron chi connectivity index (χ3n) is 4.01. The summed E-state index contributed by atoms with van der Waals surface area (Å²) >= 11 is 0. The highest BCUT2D eigenvalue weighted by Crippen LogP contribution is 2.35. The van der Waals surface area contributed by atoms with E-state index in [0.717, 1.165) is 5.56 Å². The lowest BCUT2D eigenvalue weighted by atomic mass is 10.2. The molecule has 28 heavy (non-hydrogen) atoms. The van der Waals surface area contributed by atoms with Crippen molar-refractivity contribution in [3.63, 3.8) is 0 Å². The Morgan fingerprint density at radius 2 is 2.04 bits per heavy atom. The van der Waals surface area contributed by atoms with Crippen LogP contribution in [0.15, 0.2) is 47.0 Å². The van der Waals surface area contributed by atoms with Crippen molar-refractivity contribution in [3.8, 4) is 23.0 Å². The molecule has 144 valence electrons. The van der Waals surface area contributed by atoms with E-state index in [1.54, 1.807) is 25.3 Å². The number of benzene rings is 2. The second kappa shape index (κ2) is 7.87. The Bertz CT molecular complexity index is 987. The smallest absolute Gasteiger partial charge is 0.316 e. The molecule has 0 unspecified atom stereocenters. The van der Waals surface area contributed by atoms with Crippen LogP contribution in [-0.2, 0) is 13.2 Å². The maximum atomic E-state index is 12.2. The summed E-state index contributed by atoms with van der Waals surface area (Å²) in [6.45, 7) is 0.508. The Kier molecular flexibility index (Phi) is 4.96. The number of amides is 1. The summed E-state index contributed by atoms with van der Waals surface area (Å²) in [5, 5.41) is 6.48. The quantitative estimate of drug-likeness (QED) is 0.663. The number of para-hydroxylation sites is 1. The number of hydrogen-bond acceptors (Lipinski definition) is 8. The monoisotopic (exact) mass is 383 g/mol. The maximum Gasteiger partial charge on any atom is 0.316 e. The fraction of sp³-hybridized carbons (Fsp3) is 0.211. The van der Waals surface area contributed by atoms with Gasteiger partial charge in [0.15, 0.2) is 18.1 Å². The van der Waals surface area contributed by atoms with Gasteiger partial charge in [0.2, 0.25) is 12.6 Å². The summed E-state index contributed by atoms with van der Waals surface area (Å²) in [6, 6.07) is 12.6. The molecule has 2 aromatic carbocycles. The van der Waals surface area contributed by atoms with Crippen LogP contribution in [0, 0.1) is 0 Å². The molecule has 1 amide bonds. The van der Waals surface area contributed by atoms with Gasteiger partial charge in [0.1, 0.15) is 11.5 Å². The highest BCUT2D eigenvalue weighted by atomic mass is 16.7. The van der Waals surface area contributed by atoms with Crippen molar-refractivity contribution in [2.24, 2.45) is 0 Å². The van der Waals surface area contributed by atoms with E-state index in [2.05, 4.69) is 15.5 Å². The average molecular weight is 383 g/mol. The minimum Gasteiger partial charge on any atom is -0.496 e. The molecule has 0 aliphatic carbocycles. The van der Waals surface area contributed by atoms with Crippen LogP contribution < -0.4 is 24.3 Å². The van der Waals surface area contributed by atoms with Gasteiger partial charge in [-0.1, -0.05) is 23.4 Å². The van der Waals surface area contributed by atoms with E-state index < -0.39 is 5.91 Å². The van der Waals surface area contributed by atoms with Crippen LogP contribution in [0.2, 0.25) is 0 Å². The fourth-order valence-electron chi connectivity index (χ4n) is 2.62. The first kappa shape index (κ1) is 17.7. The van der Waals surface area contributed by atoms with E-state index in [1.807, 2.05) is 24.3 Å². The van der Waals surface area contributed by atoms with E-state index in [4.69, 9.17) is 23.5 Å². The van der Waals surface area contributed by atoms with Gasteiger partial charge in [0.05, 0.1) is 7.11 Å². The molecule has 0 atom stereocenters. The van der Waals surface area contributed by atoms with E-state index in [9.17, 15) is 4.79 Å². The summed E-state index contributed by atoms with van der Waals surface area (Å²) in [5.41, 5.74) is 0.837. The van der Waals surface area contributed by atoms with Gasteiger partial charge < -0.3 is 28.8 Å². The molecule has 0 radical (unpaired) electrons. The summed E-state index contributed by atoms with van der Waals surface area (Å²) in [7, 11) is 1.57. The number of fused-ring (bicyclic) bond motifs is 1. The first-order valence-electron chi connectivity index (χ1n) is 8.48. The van der Waals surface area contributed by atoms with Gasteiger partial charge in [0, 0.05) is 18.2 Å². The zero-order valence-corrected chi connectivity index (χ0v) is 15.0. The van der Waals surface area contributed by atoms with Gasteiger partial charge >= 0.3 is 11.8 Å². The normalized spacial score (nSPS) is 11.9. The van der Waals surface area contributed by atoms with Crippen molar-refractivity contribution in [2.45, 2.75) is 13.2 Å². The third kappa shape index (κ3) is 3.83. The van der Waals surface area contributed by atoms with Crippen LogP contribution in [0.1, 0.15) is 22.1 Å².